The van der Waals surface area contributed by atoms with Gasteiger partial charge in [0.15, 0.2) is 0 Å². The number of hydrogen-bond acceptors (Lipinski definition) is 5. The van der Waals surface area contributed by atoms with Gasteiger partial charge in [-0.3, -0.25) is 14.8 Å². The first kappa shape index (κ1) is 26.1. The first-order valence-electron chi connectivity index (χ1n) is 14.7. The van der Waals surface area contributed by atoms with Gasteiger partial charge in [-0.1, -0.05) is 60.2 Å². The number of benzene rings is 1. The molecule has 2 fully saturated rings. The van der Waals surface area contributed by atoms with E-state index >= 15 is 0 Å². The molecule has 0 spiro atoms. The van der Waals surface area contributed by atoms with Gasteiger partial charge >= 0.3 is 0 Å². The summed E-state index contributed by atoms with van der Waals surface area (Å²) in [6.07, 6.45) is 15.9. The normalized spacial score (nSPS) is 22.3. The number of nitrogens with zero attached hydrogens (tertiary/aromatic N) is 4. The smallest absolute Gasteiger partial charge is 0.141 e. The average molecular weight is 578 g/mol. The number of fused-ring (bicyclic) bond motifs is 1. The fourth-order valence-corrected chi connectivity index (χ4v) is 6.89. The summed E-state index contributed by atoms with van der Waals surface area (Å²) in [6.45, 7) is 7.05. The van der Waals surface area contributed by atoms with Crippen LogP contribution in [-0.4, -0.2) is 66.8 Å². The average Bonchev–Trinajstić information content (AvgIpc) is 3.20. The molecule has 6 rings (SSSR count). The molecule has 1 aromatic carbocycles. The van der Waals surface area contributed by atoms with Crippen molar-refractivity contribution in [1.82, 2.24) is 14.8 Å². The van der Waals surface area contributed by atoms with Gasteiger partial charge in [0.25, 0.3) is 0 Å². The van der Waals surface area contributed by atoms with Crippen LogP contribution in [0.1, 0.15) is 62.6 Å². The van der Waals surface area contributed by atoms with Gasteiger partial charge in [-0.05, 0) is 60.7 Å². The van der Waals surface area contributed by atoms with Crippen LogP contribution in [0.25, 0.3) is 5.57 Å². The van der Waals surface area contributed by atoms with E-state index in [0.717, 1.165) is 74.8 Å². The topological polar surface area (TPSA) is 31.8 Å². The second kappa shape index (κ2) is 12.4. The van der Waals surface area contributed by atoms with Crippen LogP contribution in [0.4, 0.5) is 5.69 Å². The minimum Gasteiger partial charge on any atom is -0.482 e. The number of halogens is 1. The Kier molecular flexibility index (Phi) is 8.48. The van der Waals surface area contributed by atoms with E-state index in [0.29, 0.717) is 6.04 Å². The molecule has 202 valence electrons. The third kappa shape index (κ3) is 6.19. The van der Waals surface area contributed by atoms with Crippen LogP contribution in [0, 0.1) is 0 Å². The number of anilines is 1. The van der Waals surface area contributed by atoms with Crippen molar-refractivity contribution in [3.63, 3.8) is 0 Å². The van der Waals surface area contributed by atoms with Crippen LogP contribution >= 0.6 is 15.9 Å². The van der Waals surface area contributed by atoms with Crippen molar-refractivity contribution in [2.75, 3.05) is 50.9 Å². The van der Waals surface area contributed by atoms with Crippen molar-refractivity contribution in [3.05, 3.63) is 75.7 Å². The SMILES string of the molecule is Brc1ccc(N2CCN(CC3=CC4=C(Cc5ncccc53)OCN(C3CCCCCCC3)CC4)CC2)cc1. The molecule has 0 N–H and O–H groups in total. The number of aromatic nitrogens is 1. The van der Waals surface area contributed by atoms with Crippen LogP contribution in [0.2, 0.25) is 0 Å². The van der Waals surface area contributed by atoms with E-state index in [1.165, 1.54) is 67.3 Å². The molecule has 0 atom stereocenters. The third-order valence-electron chi connectivity index (χ3n) is 8.89. The molecule has 5 nitrogen and oxygen atoms in total. The molecule has 3 heterocycles. The van der Waals surface area contributed by atoms with Crippen LogP contribution in [0.15, 0.2) is 64.5 Å². The van der Waals surface area contributed by atoms with Crippen LogP contribution in [-0.2, 0) is 11.2 Å². The monoisotopic (exact) mass is 576 g/mol. The fourth-order valence-electron chi connectivity index (χ4n) is 6.63. The van der Waals surface area contributed by atoms with E-state index in [1.54, 1.807) is 0 Å². The molecule has 38 heavy (non-hydrogen) atoms. The second-order valence-electron chi connectivity index (χ2n) is 11.4. The molecular formula is C32H41BrN4O. The van der Waals surface area contributed by atoms with Crippen LogP contribution in [0.3, 0.4) is 0 Å². The Morgan fingerprint density at radius 3 is 2.45 bits per heavy atom. The number of allylic oxidation sites excluding steroid dienone is 2. The van der Waals surface area contributed by atoms with Crippen molar-refractivity contribution in [2.45, 2.75) is 63.8 Å². The zero-order valence-corrected chi connectivity index (χ0v) is 24.2. The first-order chi connectivity index (χ1) is 18.7. The molecule has 2 aliphatic carbocycles. The first-order valence-corrected chi connectivity index (χ1v) is 15.5. The van der Waals surface area contributed by atoms with Gasteiger partial charge in [0.1, 0.15) is 12.5 Å². The van der Waals surface area contributed by atoms with Gasteiger partial charge in [-0.25, -0.2) is 0 Å². The Bertz CT molecular complexity index is 1140. The van der Waals surface area contributed by atoms with Crippen molar-refractivity contribution in [3.8, 4) is 0 Å². The number of piperazine rings is 1. The molecule has 2 aliphatic heterocycles. The lowest BCUT2D eigenvalue weighted by Crippen LogP contribution is -2.46. The number of ether oxygens (including phenoxy) is 1. The summed E-state index contributed by atoms with van der Waals surface area (Å²) in [5.41, 5.74) is 6.57. The summed E-state index contributed by atoms with van der Waals surface area (Å²) < 4.78 is 7.72. The van der Waals surface area contributed by atoms with Crippen LogP contribution < -0.4 is 4.90 Å². The van der Waals surface area contributed by atoms with Crippen molar-refractivity contribution >= 4 is 27.2 Å². The molecule has 6 heteroatoms. The Balaban J connectivity index is 1.15. The van der Waals surface area contributed by atoms with Gasteiger partial charge in [0.05, 0.1) is 5.69 Å². The molecule has 1 saturated heterocycles. The summed E-state index contributed by atoms with van der Waals surface area (Å²) in [5, 5.41) is 0. The molecule has 0 amide bonds. The van der Waals surface area contributed by atoms with Crippen LogP contribution in [0.5, 0.6) is 0 Å². The van der Waals surface area contributed by atoms with Gasteiger partial charge in [-0.2, -0.15) is 0 Å². The van der Waals surface area contributed by atoms with Gasteiger partial charge < -0.3 is 9.64 Å². The van der Waals surface area contributed by atoms with E-state index in [2.05, 4.69) is 73.1 Å². The Morgan fingerprint density at radius 1 is 0.895 bits per heavy atom. The molecule has 4 aliphatic rings. The maximum atomic E-state index is 6.59. The zero-order chi connectivity index (χ0) is 25.7. The number of rotatable bonds is 4. The molecule has 0 unspecified atom stereocenters. The largest absolute Gasteiger partial charge is 0.482 e. The highest BCUT2D eigenvalue weighted by Crippen LogP contribution is 2.33. The lowest BCUT2D eigenvalue weighted by Gasteiger charge is -2.36. The van der Waals surface area contributed by atoms with Gasteiger partial charge in [0.2, 0.25) is 0 Å². The molecular weight excluding hydrogens is 536 g/mol. The molecule has 0 bridgehead atoms. The van der Waals surface area contributed by atoms with E-state index in [1.807, 2.05) is 6.20 Å². The highest BCUT2D eigenvalue weighted by atomic mass is 79.9. The lowest BCUT2D eigenvalue weighted by atomic mass is 9.95. The van der Waals surface area contributed by atoms with Gasteiger partial charge in [-0.15, -0.1) is 0 Å². The van der Waals surface area contributed by atoms with Crippen molar-refractivity contribution in [1.29, 1.82) is 0 Å². The molecule has 1 aromatic heterocycles. The number of hydrogen-bond donors (Lipinski definition) is 0. The summed E-state index contributed by atoms with van der Waals surface area (Å²) in [6, 6.07) is 13.7. The van der Waals surface area contributed by atoms with E-state index < -0.39 is 0 Å². The predicted octanol–water partition coefficient (Wildman–Crippen LogP) is 6.65. The minimum absolute atomic E-state index is 0.676. The fraction of sp³-hybridized carbons (Fsp3) is 0.531. The third-order valence-corrected chi connectivity index (χ3v) is 9.42. The highest BCUT2D eigenvalue weighted by Gasteiger charge is 2.27. The molecule has 2 aromatic rings. The van der Waals surface area contributed by atoms with Gasteiger partial charge in [0, 0.05) is 73.7 Å². The van der Waals surface area contributed by atoms with Crippen molar-refractivity contribution in [2.24, 2.45) is 0 Å². The minimum atomic E-state index is 0.676. The molecule has 1 saturated carbocycles. The zero-order valence-electron chi connectivity index (χ0n) is 22.6. The lowest BCUT2D eigenvalue weighted by molar-refractivity contribution is 0.0392. The predicted molar refractivity (Wildman–Crippen MR) is 159 cm³/mol. The Labute approximate surface area is 236 Å². The van der Waals surface area contributed by atoms with E-state index in [-0.39, 0.29) is 0 Å². The summed E-state index contributed by atoms with van der Waals surface area (Å²) in [7, 11) is 0. The Morgan fingerprint density at radius 2 is 1.66 bits per heavy atom. The second-order valence-corrected chi connectivity index (χ2v) is 12.3. The quantitative estimate of drug-likeness (QED) is 0.406. The van der Waals surface area contributed by atoms with E-state index in [4.69, 9.17) is 9.72 Å². The Hall–Kier alpha value is -2.15. The summed E-state index contributed by atoms with van der Waals surface area (Å²) in [5.74, 6) is 1.15. The maximum Gasteiger partial charge on any atom is 0.141 e. The molecule has 0 radical (unpaired) electrons. The summed E-state index contributed by atoms with van der Waals surface area (Å²) in [4.78, 5) is 12.6. The number of pyridine rings is 1. The standard InChI is InChI=1S/C32H41BrN4O/c33-27-10-12-29(13-11-27)36-19-17-35(18-20-36)23-26-21-25-14-16-37(28-7-4-2-1-3-5-8-28)24-38-32(25)22-31-30(26)9-6-15-34-31/h6,9-13,15,21,28H,1-5,7-8,14,16-20,22-24H2. The summed E-state index contributed by atoms with van der Waals surface area (Å²) >= 11 is 3.56. The maximum absolute atomic E-state index is 6.59. The van der Waals surface area contributed by atoms with Crippen molar-refractivity contribution < 1.29 is 4.74 Å². The van der Waals surface area contributed by atoms with E-state index in [9.17, 15) is 0 Å². The highest BCUT2D eigenvalue weighted by molar-refractivity contribution is 9.10.